The van der Waals surface area contributed by atoms with E-state index in [1.165, 1.54) is 35.1 Å². The van der Waals surface area contributed by atoms with E-state index < -0.39 is 0 Å². The molecule has 0 radical (unpaired) electrons. The summed E-state index contributed by atoms with van der Waals surface area (Å²) in [6.07, 6.45) is 4.91. The van der Waals surface area contributed by atoms with Gasteiger partial charge in [0.1, 0.15) is 0 Å². The van der Waals surface area contributed by atoms with Gasteiger partial charge >= 0.3 is 21.7 Å². The Balaban J connectivity index is 0.000000283. The number of rotatable bonds is 0. The van der Waals surface area contributed by atoms with Gasteiger partial charge in [-0.05, 0) is 0 Å². The fourth-order valence-corrected chi connectivity index (χ4v) is 2.06. The molecule has 0 spiro atoms. The molecule has 1 N–H and O–H groups in total. The van der Waals surface area contributed by atoms with Crippen LogP contribution in [-0.2, 0) is 21.7 Å². The molecule has 1 aromatic rings. The van der Waals surface area contributed by atoms with Crippen LogP contribution in [0.2, 0.25) is 0 Å². The minimum Gasteiger partial charge on any atom is -0.675 e. The number of hydrogen-bond donors (Lipinski definition) is 0. The summed E-state index contributed by atoms with van der Waals surface area (Å²) in [5.74, 6) is 0. The zero-order valence-electron chi connectivity index (χ0n) is 11.0. The van der Waals surface area contributed by atoms with Crippen molar-refractivity contribution in [3.8, 4) is 0 Å². The summed E-state index contributed by atoms with van der Waals surface area (Å²) >= 11 is 0. The second-order valence-corrected chi connectivity index (χ2v) is 4.74. The SMILES string of the molecule is Cc1c[c-](C)c(C)c1C.[NH-]C1CCCC1.[Ti+2]. The third kappa shape index (κ3) is 4.49. The van der Waals surface area contributed by atoms with E-state index in [2.05, 4.69) is 33.8 Å². The molecular weight excluding hydrogens is 230 g/mol. The van der Waals surface area contributed by atoms with Crippen LogP contribution in [-0.4, -0.2) is 6.04 Å². The zero-order valence-corrected chi connectivity index (χ0v) is 12.5. The molecule has 0 atom stereocenters. The fraction of sp³-hybridized carbons (Fsp3) is 0.643. The van der Waals surface area contributed by atoms with Crippen LogP contribution in [0.4, 0.5) is 0 Å². The smallest absolute Gasteiger partial charge is 0.675 e. The first kappa shape index (κ1) is 16.0. The third-order valence-corrected chi connectivity index (χ3v) is 3.53. The Bertz CT molecular complexity index is 286. The molecule has 88 valence electrons. The molecule has 0 saturated heterocycles. The average molecular weight is 253 g/mol. The maximum absolute atomic E-state index is 7.13. The van der Waals surface area contributed by atoms with Gasteiger partial charge in [-0.25, -0.2) is 0 Å². The van der Waals surface area contributed by atoms with Crippen LogP contribution >= 0.6 is 0 Å². The number of hydrogen-bond acceptors (Lipinski definition) is 0. The molecule has 0 amide bonds. The van der Waals surface area contributed by atoms with Crippen LogP contribution in [0.25, 0.3) is 5.73 Å². The summed E-state index contributed by atoms with van der Waals surface area (Å²) in [5, 5.41) is 0. The van der Waals surface area contributed by atoms with Crippen molar-refractivity contribution in [1.82, 2.24) is 0 Å². The molecule has 1 saturated carbocycles. The predicted molar refractivity (Wildman–Crippen MR) is 67.6 cm³/mol. The Morgan fingerprint density at radius 3 is 1.81 bits per heavy atom. The molecule has 1 aromatic carbocycles. The van der Waals surface area contributed by atoms with E-state index in [1.807, 2.05) is 0 Å². The maximum Gasteiger partial charge on any atom is 2.00 e. The molecule has 2 heteroatoms. The van der Waals surface area contributed by atoms with Crippen molar-refractivity contribution in [1.29, 1.82) is 0 Å². The Morgan fingerprint density at radius 1 is 1.19 bits per heavy atom. The Hall–Kier alpha value is 0.0243. The van der Waals surface area contributed by atoms with Gasteiger partial charge in [-0.1, -0.05) is 53.4 Å². The summed E-state index contributed by atoms with van der Waals surface area (Å²) in [6, 6.07) is 2.54. The van der Waals surface area contributed by atoms with E-state index in [4.69, 9.17) is 5.73 Å². The van der Waals surface area contributed by atoms with Gasteiger partial charge in [0.05, 0.1) is 0 Å². The van der Waals surface area contributed by atoms with E-state index in [9.17, 15) is 0 Å². The van der Waals surface area contributed by atoms with Crippen LogP contribution in [0.1, 0.15) is 47.9 Å². The van der Waals surface area contributed by atoms with Gasteiger partial charge < -0.3 is 5.73 Å². The zero-order chi connectivity index (χ0) is 11.4. The van der Waals surface area contributed by atoms with Crippen LogP contribution in [0.15, 0.2) is 6.07 Å². The molecule has 0 aliphatic heterocycles. The average Bonchev–Trinajstić information content (AvgIpc) is 2.73. The molecular formula is C14H23NTi. The maximum atomic E-state index is 7.13. The summed E-state index contributed by atoms with van der Waals surface area (Å²) in [7, 11) is 0. The first-order valence-electron chi connectivity index (χ1n) is 5.93. The largest absolute Gasteiger partial charge is 2.00 e. The molecule has 1 fully saturated rings. The first-order chi connectivity index (χ1) is 7.02. The van der Waals surface area contributed by atoms with Crippen LogP contribution in [0, 0.1) is 27.7 Å². The number of aryl methyl sites for hydroxylation is 2. The summed E-state index contributed by atoms with van der Waals surface area (Å²) in [6.45, 7) is 8.68. The Labute approximate surface area is 115 Å². The van der Waals surface area contributed by atoms with E-state index >= 15 is 0 Å². The summed E-state index contributed by atoms with van der Waals surface area (Å²) in [5.41, 5.74) is 12.9. The molecule has 2 rings (SSSR count). The molecule has 16 heavy (non-hydrogen) atoms. The third-order valence-electron chi connectivity index (χ3n) is 3.53. The van der Waals surface area contributed by atoms with Gasteiger partial charge in [0, 0.05) is 0 Å². The van der Waals surface area contributed by atoms with E-state index in [1.54, 1.807) is 0 Å². The predicted octanol–water partition coefficient (Wildman–Crippen LogP) is 4.62. The van der Waals surface area contributed by atoms with Gasteiger partial charge in [-0.3, -0.25) is 0 Å². The molecule has 0 aromatic heterocycles. The summed E-state index contributed by atoms with van der Waals surface area (Å²) in [4.78, 5) is 0. The summed E-state index contributed by atoms with van der Waals surface area (Å²) < 4.78 is 0. The van der Waals surface area contributed by atoms with Crippen molar-refractivity contribution >= 4 is 0 Å². The molecule has 1 aliphatic rings. The Morgan fingerprint density at radius 2 is 1.69 bits per heavy atom. The monoisotopic (exact) mass is 253 g/mol. The quantitative estimate of drug-likeness (QED) is 0.476. The fourth-order valence-electron chi connectivity index (χ4n) is 2.06. The Kier molecular flexibility index (Phi) is 7.38. The second-order valence-electron chi connectivity index (χ2n) is 4.74. The topological polar surface area (TPSA) is 23.8 Å². The first-order valence-corrected chi connectivity index (χ1v) is 5.93. The van der Waals surface area contributed by atoms with Crippen molar-refractivity contribution in [3.05, 3.63) is 34.1 Å². The number of nitrogens with one attached hydrogen (secondary N) is 1. The van der Waals surface area contributed by atoms with Gasteiger partial charge in [0.2, 0.25) is 0 Å². The van der Waals surface area contributed by atoms with Crippen LogP contribution < -0.4 is 0 Å². The normalized spacial score (nSPS) is 15.3. The van der Waals surface area contributed by atoms with Crippen LogP contribution in [0.3, 0.4) is 0 Å². The van der Waals surface area contributed by atoms with E-state index in [0.717, 1.165) is 12.8 Å². The van der Waals surface area contributed by atoms with Crippen molar-refractivity contribution in [2.75, 3.05) is 0 Å². The molecule has 1 aliphatic carbocycles. The van der Waals surface area contributed by atoms with Gasteiger partial charge in [0.15, 0.2) is 0 Å². The van der Waals surface area contributed by atoms with Gasteiger partial charge in [0.25, 0.3) is 0 Å². The van der Waals surface area contributed by atoms with Crippen molar-refractivity contribution in [2.24, 2.45) is 0 Å². The standard InChI is InChI=1S/C9H13.C5H10N.Ti/c1-6-5-7(2)9(4)8(6)3;6-5-3-1-2-4-5;/h5H,1-4H3;5-6H,1-4H2;/q2*-1;+2. The molecule has 0 heterocycles. The molecule has 0 unspecified atom stereocenters. The van der Waals surface area contributed by atoms with Crippen molar-refractivity contribution in [3.63, 3.8) is 0 Å². The molecule has 0 bridgehead atoms. The van der Waals surface area contributed by atoms with E-state index in [-0.39, 0.29) is 21.7 Å². The molecule has 1 nitrogen and oxygen atoms in total. The van der Waals surface area contributed by atoms with Gasteiger partial charge in [-0.15, -0.1) is 6.04 Å². The van der Waals surface area contributed by atoms with Crippen molar-refractivity contribution < 1.29 is 21.7 Å². The van der Waals surface area contributed by atoms with Crippen molar-refractivity contribution in [2.45, 2.75) is 59.4 Å². The van der Waals surface area contributed by atoms with Gasteiger partial charge in [-0.2, -0.15) is 28.3 Å². The van der Waals surface area contributed by atoms with E-state index in [0.29, 0.717) is 6.04 Å². The minimum absolute atomic E-state index is 0. The van der Waals surface area contributed by atoms with Crippen LogP contribution in [0.5, 0.6) is 0 Å². The minimum atomic E-state index is 0. The second kappa shape index (κ2) is 7.37.